The van der Waals surface area contributed by atoms with Gasteiger partial charge >= 0.3 is 29.4 Å². The molecule has 0 saturated carbocycles. The van der Waals surface area contributed by atoms with E-state index < -0.39 is 34.6 Å². The molecular weight excluding hydrogens is 546 g/mol. The van der Waals surface area contributed by atoms with Crippen LogP contribution in [0.1, 0.15) is 11.1 Å². The first-order valence-corrected chi connectivity index (χ1v) is 9.21. The minimum Gasteiger partial charge on any atom is -0.629 e. The average Bonchev–Trinajstić information content (AvgIpc) is 2.80. The minimum atomic E-state index is -4.59. The second-order valence-electron chi connectivity index (χ2n) is 6.14. The fraction of sp³-hybridized carbons (Fsp3) is 0.0909. The Bertz CT molecular complexity index is 1180. The van der Waals surface area contributed by atoms with Crippen LogP contribution in [0.15, 0.2) is 95.0 Å². The molecule has 0 saturated heterocycles. The maximum absolute atomic E-state index is 11.8. The quantitative estimate of drug-likeness (QED) is 0.260. The summed E-state index contributed by atoms with van der Waals surface area (Å²) in [4.78, 5) is 35.2. The first-order valence-electron chi connectivity index (χ1n) is 9.21. The van der Waals surface area contributed by atoms with Gasteiger partial charge < -0.3 is 25.0 Å². The third-order valence-corrected chi connectivity index (χ3v) is 3.75. The summed E-state index contributed by atoms with van der Waals surface area (Å²) >= 11 is 0. The Hall–Kier alpha value is -3.74. The number of halogens is 6. The third kappa shape index (κ3) is 10.3. The van der Waals surface area contributed by atoms with Crippen LogP contribution < -0.4 is 21.1 Å². The van der Waals surface area contributed by atoms with Gasteiger partial charge in [0.2, 0.25) is 0 Å². The van der Waals surface area contributed by atoms with Crippen LogP contribution in [0.25, 0.3) is 11.4 Å². The Kier molecular flexibility index (Phi) is 13.1. The molecular formula is C22H16CuF6N4O3. The van der Waals surface area contributed by atoms with Gasteiger partial charge in [0.1, 0.15) is 0 Å². The largest absolute Gasteiger partial charge is 2.00 e. The number of hydrogen-bond donors (Lipinski definition) is 0. The molecule has 0 amide bonds. The third-order valence-electron chi connectivity index (χ3n) is 3.75. The second-order valence-corrected chi connectivity index (χ2v) is 6.14. The van der Waals surface area contributed by atoms with E-state index in [1.165, 1.54) is 0 Å². The molecule has 195 valence electrons. The number of nitrogens with zero attached hydrogens (tertiary/aromatic N) is 4. The molecule has 0 unspecified atom stereocenters. The molecule has 0 aliphatic rings. The molecule has 4 aromatic rings. The van der Waals surface area contributed by atoms with Crippen molar-refractivity contribution in [1.82, 2.24) is 19.9 Å². The van der Waals surface area contributed by atoms with Gasteiger partial charge in [0.15, 0.2) is 0 Å². The van der Waals surface area contributed by atoms with Crippen molar-refractivity contribution in [2.75, 3.05) is 0 Å². The molecule has 4 aromatic heterocycles. The van der Waals surface area contributed by atoms with E-state index in [9.17, 15) is 35.9 Å². The molecule has 2 N–H and O–H groups in total. The van der Waals surface area contributed by atoms with Gasteiger partial charge in [-0.15, -0.1) is 0 Å². The molecule has 0 bridgehead atoms. The zero-order valence-corrected chi connectivity index (χ0v) is 18.7. The Morgan fingerprint density at radius 1 is 0.583 bits per heavy atom. The van der Waals surface area contributed by atoms with E-state index in [1.54, 1.807) is 12.4 Å². The molecule has 36 heavy (non-hydrogen) atoms. The van der Waals surface area contributed by atoms with Crippen molar-refractivity contribution in [1.29, 1.82) is 0 Å². The van der Waals surface area contributed by atoms with Gasteiger partial charge in [-0.3, -0.25) is 9.97 Å². The Balaban J connectivity index is 0.000000498. The van der Waals surface area contributed by atoms with Crippen molar-refractivity contribution >= 4 is 0 Å². The Morgan fingerprint density at radius 2 is 0.944 bits per heavy atom. The predicted molar refractivity (Wildman–Crippen MR) is 113 cm³/mol. The van der Waals surface area contributed by atoms with Crippen LogP contribution in [-0.4, -0.2) is 15.4 Å². The van der Waals surface area contributed by atoms with Crippen molar-refractivity contribution < 1.29 is 48.9 Å². The minimum absolute atomic E-state index is 0. The number of hydrogen-bond acceptors (Lipinski definition) is 4. The van der Waals surface area contributed by atoms with Crippen molar-refractivity contribution in [2.45, 2.75) is 12.4 Å². The molecule has 0 spiro atoms. The molecule has 0 aliphatic heterocycles. The van der Waals surface area contributed by atoms with Gasteiger partial charge in [-0.2, -0.15) is 38.7 Å². The number of alkyl halides is 6. The van der Waals surface area contributed by atoms with Gasteiger partial charge in [0.05, 0.1) is 33.6 Å². The van der Waals surface area contributed by atoms with Crippen LogP contribution in [-0.2, 0) is 29.4 Å². The summed E-state index contributed by atoms with van der Waals surface area (Å²) in [5.41, 5.74) is -3.09. The standard InChI is InChI=1S/C10H8N2.2C6H4F3NO.Cu.H2O/c1-3-7-11-9(5-1)10-6-2-4-8-12-10;2*7-6(8,9)4-2-1-3-10-5(4)11;;/h1-8H;2*1-3H,(H,10,11);;1H2/q;;;+2;/p-2. The van der Waals surface area contributed by atoms with Crippen molar-refractivity contribution in [3.05, 3.63) is 117 Å². The van der Waals surface area contributed by atoms with E-state index in [-0.39, 0.29) is 22.5 Å². The molecule has 14 heteroatoms. The van der Waals surface area contributed by atoms with E-state index >= 15 is 0 Å². The zero-order valence-electron chi connectivity index (χ0n) is 17.8. The van der Waals surface area contributed by atoms with Gasteiger partial charge in [-0.05, 0) is 36.4 Å². The summed E-state index contributed by atoms with van der Waals surface area (Å²) in [5.74, 6) is 0. The summed E-state index contributed by atoms with van der Waals surface area (Å²) < 4.78 is 70.9. The van der Waals surface area contributed by atoms with Gasteiger partial charge in [-0.25, -0.2) is 0 Å². The first kappa shape index (κ1) is 32.3. The topological polar surface area (TPSA) is 120 Å². The van der Waals surface area contributed by atoms with Crippen molar-refractivity contribution in [3.63, 3.8) is 0 Å². The monoisotopic (exact) mass is 561 g/mol. The van der Waals surface area contributed by atoms with E-state index in [4.69, 9.17) is 0 Å². The molecule has 0 aromatic carbocycles. The van der Waals surface area contributed by atoms with E-state index in [0.717, 1.165) is 35.9 Å². The SMILES string of the molecule is O.O=c1[n-]cccc1C(F)(F)F.O=c1[n-]cccc1C(F)(F)F.[Cu+2].c1ccc(-c2ccccn2)nc1. The van der Waals surface area contributed by atoms with Crippen molar-refractivity contribution in [3.8, 4) is 11.4 Å². The maximum Gasteiger partial charge on any atom is 2.00 e. The predicted octanol–water partition coefficient (Wildman–Crippen LogP) is 3.36. The van der Waals surface area contributed by atoms with Gasteiger partial charge in [0.25, 0.3) is 0 Å². The second kappa shape index (κ2) is 14.6. The van der Waals surface area contributed by atoms with Crippen molar-refractivity contribution in [2.24, 2.45) is 0 Å². The van der Waals surface area contributed by atoms with Crippen LogP contribution in [0.2, 0.25) is 0 Å². The fourth-order valence-corrected chi connectivity index (χ4v) is 2.24. The van der Waals surface area contributed by atoms with Gasteiger partial charge in [0, 0.05) is 12.4 Å². The Morgan fingerprint density at radius 3 is 1.17 bits per heavy atom. The maximum atomic E-state index is 11.8. The molecule has 0 atom stereocenters. The number of aromatic nitrogens is 4. The molecule has 4 heterocycles. The normalized spacial score (nSPS) is 10.3. The van der Waals surface area contributed by atoms with Crippen LogP contribution in [0, 0.1) is 0 Å². The summed E-state index contributed by atoms with van der Waals surface area (Å²) in [6, 6.07) is 15.1. The van der Waals surface area contributed by atoms with E-state index in [0.29, 0.717) is 12.1 Å². The molecule has 0 fully saturated rings. The summed E-state index contributed by atoms with van der Waals surface area (Å²) in [7, 11) is 0. The molecule has 0 aliphatic carbocycles. The summed E-state index contributed by atoms with van der Waals surface area (Å²) in [6.07, 6.45) is -3.60. The number of pyridine rings is 4. The summed E-state index contributed by atoms with van der Waals surface area (Å²) in [5, 5.41) is 0. The molecule has 7 nitrogen and oxygen atoms in total. The first-order chi connectivity index (χ1) is 16.0. The van der Waals surface area contributed by atoms with Crippen LogP contribution in [0.5, 0.6) is 0 Å². The van der Waals surface area contributed by atoms with E-state index in [2.05, 4.69) is 19.9 Å². The number of rotatable bonds is 1. The van der Waals surface area contributed by atoms with Crippen LogP contribution in [0.4, 0.5) is 26.3 Å². The van der Waals surface area contributed by atoms with Gasteiger partial charge in [-0.1, -0.05) is 24.3 Å². The Labute approximate surface area is 210 Å². The average molecular weight is 562 g/mol. The summed E-state index contributed by atoms with van der Waals surface area (Å²) in [6.45, 7) is 0. The fourth-order valence-electron chi connectivity index (χ4n) is 2.24. The van der Waals surface area contributed by atoms with E-state index in [1.807, 2.05) is 36.4 Å². The molecule has 4 rings (SSSR count). The molecule has 1 radical (unpaired) electrons. The van der Waals surface area contributed by atoms with Crippen LogP contribution in [0.3, 0.4) is 0 Å². The van der Waals surface area contributed by atoms with Crippen LogP contribution >= 0.6 is 0 Å². The zero-order chi connectivity index (χ0) is 25.2. The smallest absolute Gasteiger partial charge is 0.629 e.